The maximum atomic E-state index is 12.3. The lowest BCUT2D eigenvalue weighted by atomic mass is 10.0. The standard InChI is InChI=1S/C16H22N2O3/c1-11(2)14(16(20)18-9-4-10-18)17-15(19)12-5-7-13(21-3)8-6-12/h5-8,11,14H,4,9-10H2,1-3H3,(H,17,19). The Hall–Kier alpha value is -2.04. The van der Waals surface area contributed by atoms with E-state index in [1.54, 1.807) is 36.3 Å². The van der Waals surface area contributed by atoms with Crippen LogP contribution < -0.4 is 10.1 Å². The molecule has 1 atom stereocenters. The number of ether oxygens (including phenoxy) is 1. The van der Waals surface area contributed by atoms with E-state index in [4.69, 9.17) is 4.74 Å². The molecular weight excluding hydrogens is 268 g/mol. The molecule has 1 heterocycles. The fraction of sp³-hybridized carbons (Fsp3) is 0.500. The number of hydrogen-bond acceptors (Lipinski definition) is 3. The number of methoxy groups -OCH3 is 1. The van der Waals surface area contributed by atoms with Crippen LogP contribution in [-0.2, 0) is 4.79 Å². The highest BCUT2D eigenvalue weighted by molar-refractivity contribution is 5.97. The maximum absolute atomic E-state index is 12.3. The van der Waals surface area contributed by atoms with Crippen LogP contribution in [0.4, 0.5) is 0 Å². The van der Waals surface area contributed by atoms with Crippen molar-refractivity contribution in [1.82, 2.24) is 10.2 Å². The minimum atomic E-state index is -0.472. The number of hydrogen-bond donors (Lipinski definition) is 1. The molecular formula is C16H22N2O3. The predicted octanol–water partition coefficient (Wildman–Crippen LogP) is 1.68. The molecule has 1 N–H and O–H groups in total. The van der Waals surface area contributed by atoms with Gasteiger partial charge in [-0.3, -0.25) is 9.59 Å². The average Bonchev–Trinajstić information content (AvgIpc) is 2.42. The van der Waals surface area contributed by atoms with Gasteiger partial charge >= 0.3 is 0 Å². The third-order valence-corrected chi connectivity index (χ3v) is 3.74. The molecule has 0 bridgehead atoms. The maximum Gasteiger partial charge on any atom is 0.251 e. The molecule has 1 saturated heterocycles. The fourth-order valence-corrected chi connectivity index (χ4v) is 2.21. The molecule has 5 nitrogen and oxygen atoms in total. The van der Waals surface area contributed by atoms with E-state index in [0.717, 1.165) is 19.5 Å². The quantitative estimate of drug-likeness (QED) is 0.897. The molecule has 0 radical (unpaired) electrons. The lowest BCUT2D eigenvalue weighted by molar-refractivity contribution is -0.137. The van der Waals surface area contributed by atoms with Crippen molar-refractivity contribution < 1.29 is 14.3 Å². The Morgan fingerprint density at radius 3 is 2.24 bits per heavy atom. The van der Waals surface area contributed by atoms with Crippen molar-refractivity contribution in [3.05, 3.63) is 29.8 Å². The van der Waals surface area contributed by atoms with E-state index in [1.165, 1.54) is 0 Å². The van der Waals surface area contributed by atoms with E-state index < -0.39 is 6.04 Å². The van der Waals surface area contributed by atoms with Gasteiger partial charge in [0, 0.05) is 18.7 Å². The number of rotatable bonds is 5. The Morgan fingerprint density at radius 1 is 1.19 bits per heavy atom. The molecule has 5 heteroatoms. The largest absolute Gasteiger partial charge is 0.497 e. The zero-order valence-corrected chi connectivity index (χ0v) is 12.8. The summed E-state index contributed by atoms with van der Waals surface area (Å²) in [4.78, 5) is 26.4. The summed E-state index contributed by atoms with van der Waals surface area (Å²) < 4.78 is 5.07. The monoisotopic (exact) mass is 290 g/mol. The van der Waals surface area contributed by atoms with Gasteiger partial charge in [0.25, 0.3) is 5.91 Å². The van der Waals surface area contributed by atoms with E-state index >= 15 is 0 Å². The van der Waals surface area contributed by atoms with Gasteiger partial charge in [-0.05, 0) is 36.6 Å². The number of benzene rings is 1. The van der Waals surface area contributed by atoms with Crippen LogP contribution in [0.15, 0.2) is 24.3 Å². The van der Waals surface area contributed by atoms with Crippen molar-refractivity contribution in [1.29, 1.82) is 0 Å². The first-order chi connectivity index (χ1) is 10.0. The second-order valence-corrected chi connectivity index (χ2v) is 5.60. The molecule has 2 rings (SSSR count). The van der Waals surface area contributed by atoms with Crippen molar-refractivity contribution in [2.45, 2.75) is 26.3 Å². The van der Waals surface area contributed by atoms with Gasteiger partial charge in [-0.15, -0.1) is 0 Å². The van der Waals surface area contributed by atoms with Crippen LogP contribution in [0.25, 0.3) is 0 Å². The smallest absolute Gasteiger partial charge is 0.251 e. The van der Waals surface area contributed by atoms with Gasteiger partial charge in [0.15, 0.2) is 0 Å². The molecule has 2 amide bonds. The molecule has 114 valence electrons. The van der Waals surface area contributed by atoms with Crippen LogP contribution in [0.5, 0.6) is 5.75 Å². The Labute approximate surface area is 125 Å². The molecule has 0 saturated carbocycles. The van der Waals surface area contributed by atoms with Crippen LogP contribution in [0.2, 0.25) is 0 Å². The van der Waals surface area contributed by atoms with E-state index in [0.29, 0.717) is 11.3 Å². The summed E-state index contributed by atoms with van der Waals surface area (Å²) in [6.07, 6.45) is 1.04. The summed E-state index contributed by atoms with van der Waals surface area (Å²) in [6, 6.07) is 6.38. The van der Waals surface area contributed by atoms with Crippen molar-refractivity contribution in [2.75, 3.05) is 20.2 Å². The number of nitrogens with zero attached hydrogens (tertiary/aromatic N) is 1. The molecule has 1 fully saturated rings. The second kappa shape index (κ2) is 6.61. The molecule has 21 heavy (non-hydrogen) atoms. The minimum absolute atomic E-state index is 0.0121. The Kier molecular flexibility index (Phi) is 4.83. The number of nitrogens with one attached hydrogen (secondary N) is 1. The highest BCUT2D eigenvalue weighted by atomic mass is 16.5. The van der Waals surface area contributed by atoms with Crippen molar-refractivity contribution in [2.24, 2.45) is 5.92 Å². The molecule has 0 aromatic heterocycles. The number of likely N-dealkylation sites (tertiary alicyclic amines) is 1. The lowest BCUT2D eigenvalue weighted by Crippen LogP contribution is -2.55. The Morgan fingerprint density at radius 2 is 1.81 bits per heavy atom. The molecule has 1 unspecified atom stereocenters. The second-order valence-electron chi connectivity index (χ2n) is 5.60. The molecule has 0 aliphatic carbocycles. The first kappa shape index (κ1) is 15.4. The molecule has 1 aromatic carbocycles. The Balaban J connectivity index is 2.04. The fourth-order valence-electron chi connectivity index (χ4n) is 2.21. The van der Waals surface area contributed by atoms with Crippen LogP contribution >= 0.6 is 0 Å². The van der Waals surface area contributed by atoms with Crippen LogP contribution in [0, 0.1) is 5.92 Å². The first-order valence-electron chi connectivity index (χ1n) is 7.26. The highest BCUT2D eigenvalue weighted by Gasteiger charge is 2.31. The van der Waals surface area contributed by atoms with Gasteiger partial charge in [-0.1, -0.05) is 13.8 Å². The third kappa shape index (κ3) is 3.54. The summed E-state index contributed by atoms with van der Waals surface area (Å²) in [5.41, 5.74) is 0.526. The average molecular weight is 290 g/mol. The van der Waals surface area contributed by atoms with Gasteiger partial charge in [0.05, 0.1) is 7.11 Å². The van der Waals surface area contributed by atoms with Crippen LogP contribution in [-0.4, -0.2) is 43.0 Å². The predicted molar refractivity (Wildman–Crippen MR) is 80.3 cm³/mol. The van der Waals surface area contributed by atoms with Gasteiger partial charge < -0.3 is 15.0 Å². The lowest BCUT2D eigenvalue weighted by Gasteiger charge is -2.35. The first-order valence-corrected chi connectivity index (χ1v) is 7.26. The van der Waals surface area contributed by atoms with Crippen molar-refractivity contribution >= 4 is 11.8 Å². The topological polar surface area (TPSA) is 58.6 Å². The van der Waals surface area contributed by atoms with E-state index in [9.17, 15) is 9.59 Å². The number of carbonyl (C=O) groups excluding carboxylic acids is 2. The van der Waals surface area contributed by atoms with Crippen molar-refractivity contribution in [3.63, 3.8) is 0 Å². The van der Waals surface area contributed by atoms with Crippen LogP contribution in [0.3, 0.4) is 0 Å². The molecule has 0 spiro atoms. The van der Waals surface area contributed by atoms with E-state index in [-0.39, 0.29) is 17.7 Å². The molecule has 1 aromatic rings. The summed E-state index contributed by atoms with van der Waals surface area (Å²) >= 11 is 0. The number of carbonyl (C=O) groups is 2. The normalized spacial score (nSPS) is 15.3. The molecule has 1 aliphatic heterocycles. The highest BCUT2D eigenvalue weighted by Crippen LogP contribution is 2.15. The van der Waals surface area contributed by atoms with Gasteiger partial charge in [-0.25, -0.2) is 0 Å². The zero-order chi connectivity index (χ0) is 15.4. The molecule has 1 aliphatic rings. The third-order valence-electron chi connectivity index (χ3n) is 3.74. The van der Waals surface area contributed by atoms with Gasteiger partial charge in [-0.2, -0.15) is 0 Å². The van der Waals surface area contributed by atoms with Crippen LogP contribution in [0.1, 0.15) is 30.6 Å². The van der Waals surface area contributed by atoms with Gasteiger partial charge in [0.1, 0.15) is 11.8 Å². The Bertz CT molecular complexity index is 507. The van der Waals surface area contributed by atoms with E-state index in [2.05, 4.69) is 5.32 Å². The summed E-state index contributed by atoms with van der Waals surface area (Å²) in [6.45, 7) is 5.47. The SMILES string of the molecule is COc1ccc(C(=O)NC(C(=O)N2CCC2)C(C)C)cc1. The van der Waals surface area contributed by atoms with Crippen molar-refractivity contribution in [3.8, 4) is 5.75 Å². The summed E-state index contributed by atoms with van der Waals surface area (Å²) in [7, 11) is 1.58. The zero-order valence-electron chi connectivity index (χ0n) is 12.8. The summed E-state index contributed by atoms with van der Waals surface area (Å²) in [5.74, 6) is 0.534. The number of amides is 2. The minimum Gasteiger partial charge on any atom is -0.497 e. The van der Waals surface area contributed by atoms with Gasteiger partial charge in [0.2, 0.25) is 5.91 Å². The van der Waals surface area contributed by atoms with E-state index in [1.807, 2.05) is 13.8 Å². The summed E-state index contributed by atoms with van der Waals surface area (Å²) in [5, 5.41) is 2.85.